The summed E-state index contributed by atoms with van der Waals surface area (Å²) in [4.78, 5) is 13.8. The highest BCUT2D eigenvalue weighted by Crippen LogP contribution is 2.27. The van der Waals surface area contributed by atoms with E-state index >= 15 is 0 Å². The van der Waals surface area contributed by atoms with Gasteiger partial charge in [-0.15, -0.1) is 0 Å². The molecule has 0 aliphatic carbocycles. The van der Waals surface area contributed by atoms with Gasteiger partial charge < -0.3 is 15.0 Å². The van der Waals surface area contributed by atoms with Gasteiger partial charge in [-0.25, -0.2) is 4.79 Å². The summed E-state index contributed by atoms with van der Waals surface area (Å²) in [7, 11) is 1.84. The van der Waals surface area contributed by atoms with Crippen molar-refractivity contribution < 1.29 is 9.53 Å². The molecule has 1 amide bonds. The molecular weight excluding hydrogens is 240 g/mol. The van der Waals surface area contributed by atoms with Gasteiger partial charge >= 0.3 is 6.09 Å². The third-order valence-corrected chi connectivity index (χ3v) is 4.18. The molecule has 1 heterocycles. The normalized spacial score (nSPS) is 20.7. The van der Waals surface area contributed by atoms with E-state index in [1.165, 1.54) is 12.8 Å². The van der Waals surface area contributed by atoms with Gasteiger partial charge in [-0.3, -0.25) is 0 Å². The maximum absolute atomic E-state index is 12.1. The van der Waals surface area contributed by atoms with Gasteiger partial charge in [0, 0.05) is 13.1 Å². The van der Waals surface area contributed by atoms with E-state index < -0.39 is 5.60 Å². The third-order valence-electron chi connectivity index (χ3n) is 4.18. The zero-order valence-corrected chi connectivity index (χ0v) is 13.3. The number of piperidine rings is 1. The van der Waals surface area contributed by atoms with Crippen molar-refractivity contribution in [3.05, 3.63) is 0 Å². The monoisotopic (exact) mass is 270 g/mol. The number of hydrogen-bond donors (Lipinski definition) is 1. The summed E-state index contributed by atoms with van der Waals surface area (Å²) in [6.07, 6.45) is 2.18. The third kappa shape index (κ3) is 5.01. The SMILES string of the molecule is CC(C1CCNCC1)C(C)N(C)C(=O)OC(C)(C)C. The van der Waals surface area contributed by atoms with Crippen LogP contribution in [0.25, 0.3) is 0 Å². The Morgan fingerprint density at radius 2 is 1.79 bits per heavy atom. The van der Waals surface area contributed by atoms with Crippen LogP contribution in [0.4, 0.5) is 4.79 Å². The summed E-state index contributed by atoms with van der Waals surface area (Å²) in [5.74, 6) is 1.20. The molecule has 0 bridgehead atoms. The zero-order chi connectivity index (χ0) is 14.6. The molecule has 4 nitrogen and oxygen atoms in total. The molecule has 1 aliphatic heterocycles. The largest absolute Gasteiger partial charge is 0.444 e. The molecule has 4 heteroatoms. The number of nitrogens with one attached hydrogen (secondary N) is 1. The van der Waals surface area contributed by atoms with E-state index in [0.29, 0.717) is 11.8 Å². The molecule has 2 atom stereocenters. The fraction of sp³-hybridized carbons (Fsp3) is 0.933. The van der Waals surface area contributed by atoms with Crippen LogP contribution in [0.5, 0.6) is 0 Å². The number of carbonyl (C=O) groups excluding carboxylic acids is 1. The van der Waals surface area contributed by atoms with Crippen molar-refractivity contribution in [2.75, 3.05) is 20.1 Å². The van der Waals surface area contributed by atoms with Crippen molar-refractivity contribution in [3.63, 3.8) is 0 Å². The molecule has 1 N–H and O–H groups in total. The van der Waals surface area contributed by atoms with Crippen LogP contribution in [-0.2, 0) is 4.74 Å². The van der Waals surface area contributed by atoms with E-state index in [2.05, 4.69) is 19.2 Å². The molecule has 0 radical (unpaired) electrons. The molecule has 1 saturated heterocycles. The molecule has 112 valence electrons. The first kappa shape index (κ1) is 16.3. The van der Waals surface area contributed by atoms with Crippen molar-refractivity contribution in [2.24, 2.45) is 11.8 Å². The van der Waals surface area contributed by atoms with E-state index in [1.807, 2.05) is 27.8 Å². The second kappa shape index (κ2) is 6.60. The number of nitrogens with zero attached hydrogens (tertiary/aromatic N) is 1. The van der Waals surface area contributed by atoms with Crippen LogP contribution in [0.1, 0.15) is 47.5 Å². The minimum Gasteiger partial charge on any atom is -0.444 e. The Labute approximate surface area is 117 Å². The average molecular weight is 270 g/mol. The lowest BCUT2D eigenvalue weighted by Crippen LogP contribution is -2.45. The van der Waals surface area contributed by atoms with Gasteiger partial charge in [0.1, 0.15) is 5.60 Å². The first-order valence-corrected chi connectivity index (χ1v) is 7.39. The number of hydrogen-bond acceptors (Lipinski definition) is 3. The van der Waals surface area contributed by atoms with Crippen LogP contribution in [0, 0.1) is 11.8 Å². The summed E-state index contributed by atoms with van der Waals surface area (Å²) in [5, 5.41) is 3.39. The molecule has 2 unspecified atom stereocenters. The van der Waals surface area contributed by atoms with E-state index in [1.54, 1.807) is 4.90 Å². The maximum atomic E-state index is 12.1. The highest BCUT2D eigenvalue weighted by Gasteiger charge is 2.30. The second-order valence-electron chi connectivity index (χ2n) is 6.78. The van der Waals surface area contributed by atoms with E-state index in [4.69, 9.17) is 4.74 Å². The van der Waals surface area contributed by atoms with Gasteiger partial charge in [-0.2, -0.15) is 0 Å². The van der Waals surface area contributed by atoms with E-state index in [0.717, 1.165) is 13.1 Å². The topological polar surface area (TPSA) is 41.6 Å². The Bertz CT molecular complexity index is 293. The van der Waals surface area contributed by atoms with Crippen molar-refractivity contribution >= 4 is 6.09 Å². The summed E-state index contributed by atoms with van der Waals surface area (Å²) in [6.45, 7) is 12.3. The van der Waals surface area contributed by atoms with Crippen LogP contribution in [-0.4, -0.2) is 42.8 Å². The van der Waals surface area contributed by atoms with Gasteiger partial charge in [-0.05, 0) is 65.5 Å². The van der Waals surface area contributed by atoms with E-state index in [-0.39, 0.29) is 12.1 Å². The average Bonchev–Trinajstić information content (AvgIpc) is 2.35. The van der Waals surface area contributed by atoms with Crippen LogP contribution in [0.15, 0.2) is 0 Å². The number of rotatable bonds is 3. The molecule has 1 rings (SSSR count). The molecule has 1 fully saturated rings. The highest BCUT2D eigenvalue weighted by atomic mass is 16.6. The minimum atomic E-state index is -0.428. The quantitative estimate of drug-likeness (QED) is 0.857. The predicted molar refractivity (Wildman–Crippen MR) is 78.2 cm³/mol. The van der Waals surface area contributed by atoms with Crippen molar-refractivity contribution in [1.29, 1.82) is 0 Å². The second-order valence-corrected chi connectivity index (χ2v) is 6.78. The highest BCUT2D eigenvalue weighted by molar-refractivity contribution is 5.68. The zero-order valence-electron chi connectivity index (χ0n) is 13.3. The molecule has 19 heavy (non-hydrogen) atoms. The first-order valence-electron chi connectivity index (χ1n) is 7.39. The van der Waals surface area contributed by atoms with Crippen LogP contribution in [0.2, 0.25) is 0 Å². The lowest BCUT2D eigenvalue weighted by molar-refractivity contribution is 0.0150. The summed E-state index contributed by atoms with van der Waals surface area (Å²) >= 11 is 0. The summed E-state index contributed by atoms with van der Waals surface area (Å²) in [6, 6.07) is 0.206. The number of carbonyl (C=O) groups is 1. The Hall–Kier alpha value is -0.770. The van der Waals surface area contributed by atoms with Gasteiger partial charge in [0.05, 0.1) is 0 Å². The smallest absolute Gasteiger partial charge is 0.410 e. The fourth-order valence-corrected chi connectivity index (χ4v) is 2.62. The molecule has 0 spiro atoms. The van der Waals surface area contributed by atoms with Gasteiger partial charge in [0.2, 0.25) is 0 Å². The van der Waals surface area contributed by atoms with E-state index in [9.17, 15) is 4.79 Å². The van der Waals surface area contributed by atoms with Gasteiger partial charge in [0.25, 0.3) is 0 Å². The lowest BCUT2D eigenvalue weighted by atomic mass is 9.82. The minimum absolute atomic E-state index is 0.206. The predicted octanol–water partition coefficient (Wildman–Crippen LogP) is 2.88. The van der Waals surface area contributed by atoms with Crippen molar-refractivity contribution in [2.45, 2.75) is 59.1 Å². The first-order chi connectivity index (χ1) is 8.72. The number of ether oxygens (including phenoxy) is 1. The standard InChI is InChI=1S/C15H30N2O2/c1-11(13-7-9-16-10-8-13)12(2)17(6)14(18)19-15(3,4)5/h11-13,16H,7-10H2,1-6H3. The van der Waals surface area contributed by atoms with Crippen LogP contribution >= 0.6 is 0 Å². The summed E-state index contributed by atoms with van der Waals surface area (Å²) < 4.78 is 5.43. The van der Waals surface area contributed by atoms with Gasteiger partial charge in [0.15, 0.2) is 0 Å². The Balaban J connectivity index is 2.54. The molecule has 0 aromatic carbocycles. The molecule has 1 aliphatic rings. The molecular formula is C15H30N2O2. The van der Waals surface area contributed by atoms with Gasteiger partial charge in [-0.1, -0.05) is 6.92 Å². The molecule has 0 saturated carbocycles. The van der Waals surface area contributed by atoms with Crippen molar-refractivity contribution in [3.8, 4) is 0 Å². The molecule has 0 aromatic rings. The lowest BCUT2D eigenvalue weighted by Gasteiger charge is -2.37. The van der Waals surface area contributed by atoms with Crippen molar-refractivity contribution in [1.82, 2.24) is 10.2 Å². The Morgan fingerprint density at radius 3 is 2.26 bits per heavy atom. The molecule has 0 aromatic heterocycles. The fourth-order valence-electron chi connectivity index (χ4n) is 2.62. The van der Waals surface area contributed by atoms with Crippen LogP contribution < -0.4 is 5.32 Å². The Morgan fingerprint density at radius 1 is 1.26 bits per heavy atom. The maximum Gasteiger partial charge on any atom is 0.410 e. The summed E-state index contributed by atoms with van der Waals surface area (Å²) in [5.41, 5.74) is -0.428. The number of amides is 1. The Kier molecular flexibility index (Phi) is 5.65. The van der Waals surface area contributed by atoms with Crippen LogP contribution in [0.3, 0.4) is 0 Å².